The Kier molecular flexibility index (Phi) is 4.59. The number of nitrogens with zero attached hydrogens (tertiary/aromatic N) is 1. The first kappa shape index (κ1) is 14.1. The number of hydrogen-bond donors (Lipinski definition) is 1. The molecule has 0 heterocycles. The van der Waals surface area contributed by atoms with Crippen molar-refractivity contribution in [2.24, 2.45) is 5.92 Å². The number of benzene rings is 1. The normalized spacial score (nSPS) is 16.8. The van der Waals surface area contributed by atoms with E-state index in [1.54, 1.807) is 0 Å². The maximum atomic E-state index is 11.5. The average Bonchev–Trinajstić information content (AvgIpc) is 3.18. The summed E-state index contributed by atoms with van der Waals surface area (Å²) in [4.78, 5) is 13.9. The van der Waals surface area contributed by atoms with E-state index in [2.05, 4.69) is 18.7 Å². The summed E-state index contributed by atoms with van der Waals surface area (Å²) in [7, 11) is 0. The topological polar surface area (TPSA) is 40.5 Å². The zero-order valence-corrected chi connectivity index (χ0v) is 11.7. The van der Waals surface area contributed by atoms with Crippen molar-refractivity contribution < 1.29 is 9.90 Å². The highest BCUT2D eigenvalue weighted by atomic mass is 16.4. The molecule has 104 valence electrons. The first-order valence-electron chi connectivity index (χ1n) is 7.09. The van der Waals surface area contributed by atoms with Crippen LogP contribution >= 0.6 is 0 Å². The van der Waals surface area contributed by atoms with Crippen molar-refractivity contribution in [1.82, 2.24) is 4.90 Å². The van der Waals surface area contributed by atoms with E-state index in [1.807, 2.05) is 30.3 Å². The largest absolute Gasteiger partial charge is 0.481 e. The van der Waals surface area contributed by atoms with Crippen molar-refractivity contribution in [1.29, 1.82) is 0 Å². The lowest BCUT2D eigenvalue weighted by Crippen LogP contribution is -2.36. The Bertz CT molecular complexity index is 412. The van der Waals surface area contributed by atoms with Crippen LogP contribution in [0.4, 0.5) is 0 Å². The Morgan fingerprint density at radius 3 is 2.37 bits per heavy atom. The second kappa shape index (κ2) is 6.20. The van der Waals surface area contributed by atoms with Crippen LogP contribution in [0.1, 0.15) is 38.2 Å². The van der Waals surface area contributed by atoms with Crippen LogP contribution < -0.4 is 0 Å². The summed E-state index contributed by atoms with van der Waals surface area (Å²) in [5.74, 6) is -0.563. The molecule has 0 amide bonds. The summed E-state index contributed by atoms with van der Waals surface area (Å²) >= 11 is 0. The van der Waals surface area contributed by atoms with E-state index in [0.717, 1.165) is 12.1 Å². The van der Waals surface area contributed by atoms with Gasteiger partial charge in [-0.05, 0) is 24.3 Å². The first-order valence-corrected chi connectivity index (χ1v) is 7.09. The van der Waals surface area contributed by atoms with Gasteiger partial charge in [0, 0.05) is 19.1 Å². The molecule has 3 heteroatoms. The molecule has 1 aliphatic rings. The molecule has 0 aromatic heterocycles. The van der Waals surface area contributed by atoms with E-state index in [1.165, 1.54) is 12.8 Å². The van der Waals surface area contributed by atoms with Crippen LogP contribution in [0, 0.1) is 5.92 Å². The maximum absolute atomic E-state index is 11.5. The minimum atomic E-state index is -0.722. The van der Waals surface area contributed by atoms with Crippen molar-refractivity contribution in [2.45, 2.75) is 38.6 Å². The van der Waals surface area contributed by atoms with Gasteiger partial charge >= 0.3 is 5.97 Å². The molecule has 1 aromatic rings. The molecule has 0 radical (unpaired) electrons. The van der Waals surface area contributed by atoms with Gasteiger partial charge in [0.25, 0.3) is 0 Å². The van der Waals surface area contributed by atoms with Crippen molar-refractivity contribution in [3.63, 3.8) is 0 Å². The fraction of sp³-hybridized carbons (Fsp3) is 0.562. The van der Waals surface area contributed by atoms with Crippen LogP contribution in [-0.2, 0) is 4.79 Å². The molecule has 1 fully saturated rings. The molecule has 1 N–H and O–H groups in total. The third kappa shape index (κ3) is 4.06. The van der Waals surface area contributed by atoms with E-state index in [9.17, 15) is 9.90 Å². The highest BCUT2D eigenvalue weighted by molar-refractivity contribution is 5.76. The minimum Gasteiger partial charge on any atom is -0.481 e. The second-order valence-electron chi connectivity index (χ2n) is 5.88. The van der Waals surface area contributed by atoms with Gasteiger partial charge in [-0.1, -0.05) is 44.2 Å². The van der Waals surface area contributed by atoms with Gasteiger partial charge in [-0.25, -0.2) is 0 Å². The lowest BCUT2D eigenvalue weighted by Gasteiger charge is -2.27. The monoisotopic (exact) mass is 261 g/mol. The highest BCUT2D eigenvalue weighted by Gasteiger charge is 2.33. The van der Waals surface area contributed by atoms with Gasteiger partial charge in [-0.3, -0.25) is 9.69 Å². The Balaban J connectivity index is 2.09. The number of carboxylic acid groups (broad SMARTS) is 1. The molecule has 1 aromatic carbocycles. The molecular weight excluding hydrogens is 238 g/mol. The third-order valence-corrected chi connectivity index (χ3v) is 3.58. The summed E-state index contributed by atoms with van der Waals surface area (Å²) in [6, 6.07) is 10.2. The van der Waals surface area contributed by atoms with Crippen LogP contribution in [0.15, 0.2) is 30.3 Å². The zero-order valence-electron chi connectivity index (χ0n) is 11.7. The fourth-order valence-electron chi connectivity index (χ4n) is 2.53. The molecule has 0 spiro atoms. The number of rotatable bonds is 7. The number of hydrogen-bond acceptors (Lipinski definition) is 2. The van der Waals surface area contributed by atoms with Crippen molar-refractivity contribution in [2.75, 3.05) is 13.1 Å². The van der Waals surface area contributed by atoms with E-state index in [0.29, 0.717) is 18.5 Å². The molecule has 0 aliphatic heterocycles. The Morgan fingerprint density at radius 2 is 1.89 bits per heavy atom. The Morgan fingerprint density at radius 1 is 1.26 bits per heavy atom. The van der Waals surface area contributed by atoms with Gasteiger partial charge in [0.2, 0.25) is 0 Å². The Hall–Kier alpha value is -1.35. The molecule has 1 aliphatic carbocycles. The first-order chi connectivity index (χ1) is 9.08. The molecule has 3 nitrogen and oxygen atoms in total. The molecule has 1 saturated carbocycles. The number of carbonyl (C=O) groups is 1. The summed E-state index contributed by atoms with van der Waals surface area (Å²) < 4.78 is 0. The summed E-state index contributed by atoms with van der Waals surface area (Å²) in [5, 5.41) is 9.49. The second-order valence-corrected chi connectivity index (χ2v) is 5.88. The molecule has 0 saturated heterocycles. The summed E-state index contributed by atoms with van der Waals surface area (Å²) in [6.45, 7) is 5.99. The molecule has 0 bridgehead atoms. The number of aliphatic carboxylic acids is 1. The SMILES string of the molecule is CC(C)CN(CC(C(=O)O)c1ccccc1)C1CC1. The smallest absolute Gasteiger partial charge is 0.312 e. The highest BCUT2D eigenvalue weighted by Crippen LogP contribution is 2.30. The molecular formula is C16H23NO2. The predicted octanol–water partition coefficient (Wildman–Crippen LogP) is 2.98. The van der Waals surface area contributed by atoms with Gasteiger partial charge in [0.1, 0.15) is 0 Å². The quantitative estimate of drug-likeness (QED) is 0.820. The third-order valence-electron chi connectivity index (χ3n) is 3.58. The standard InChI is InChI=1S/C16H23NO2/c1-12(2)10-17(14-8-9-14)11-15(16(18)19)13-6-4-3-5-7-13/h3-7,12,14-15H,8-11H2,1-2H3,(H,18,19). The van der Waals surface area contributed by atoms with Crippen LogP contribution in [0.25, 0.3) is 0 Å². The lowest BCUT2D eigenvalue weighted by atomic mass is 9.98. The van der Waals surface area contributed by atoms with Crippen molar-refractivity contribution >= 4 is 5.97 Å². The summed E-state index contributed by atoms with van der Waals surface area (Å²) in [5.41, 5.74) is 0.907. The van der Waals surface area contributed by atoms with Gasteiger partial charge in [0.15, 0.2) is 0 Å². The van der Waals surface area contributed by atoms with E-state index in [4.69, 9.17) is 0 Å². The van der Waals surface area contributed by atoms with E-state index in [-0.39, 0.29) is 0 Å². The van der Waals surface area contributed by atoms with Crippen LogP contribution in [0.3, 0.4) is 0 Å². The molecule has 1 unspecified atom stereocenters. The van der Waals surface area contributed by atoms with Crippen LogP contribution in [-0.4, -0.2) is 35.1 Å². The van der Waals surface area contributed by atoms with Crippen molar-refractivity contribution in [3.05, 3.63) is 35.9 Å². The van der Waals surface area contributed by atoms with Crippen LogP contribution in [0.2, 0.25) is 0 Å². The number of carboxylic acids is 1. The molecule has 1 atom stereocenters. The minimum absolute atomic E-state index is 0.416. The predicted molar refractivity (Wildman–Crippen MR) is 76.3 cm³/mol. The van der Waals surface area contributed by atoms with Gasteiger partial charge in [0.05, 0.1) is 5.92 Å². The van der Waals surface area contributed by atoms with Crippen LogP contribution in [0.5, 0.6) is 0 Å². The summed E-state index contributed by atoms with van der Waals surface area (Å²) in [6.07, 6.45) is 2.43. The average molecular weight is 261 g/mol. The van der Waals surface area contributed by atoms with Gasteiger partial charge in [-0.2, -0.15) is 0 Å². The van der Waals surface area contributed by atoms with Gasteiger partial charge < -0.3 is 5.11 Å². The molecule has 2 rings (SSSR count). The fourth-order valence-corrected chi connectivity index (χ4v) is 2.53. The lowest BCUT2D eigenvalue weighted by molar-refractivity contribution is -0.139. The van der Waals surface area contributed by atoms with Gasteiger partial charge in [-0.15, -0.1) is 0 Å². The van der Waals surface area contributed by atoms with E-state index >= 15 is 0 Å². The molecule has 19 heavy (non-hydrogen) atoms. The maximum Gasteiger partial charge on any atom is 0.312 e. The van der Waals surface area contributed by atoms with Crippen molar-refractivity contribution in [3.8, 4) is 0 Å². The van der Waals surface area contributed by atoms with E-state index < -0.39 is 11.9 Å². The Labute approximate surface area is 115 Å². The zero-order chi connectivity index (χ0) is 13.8.